The molecule has 0 amide bonds. The predicted octanol–water partition coefficient (Wildman–Crippen LogP) is 1.33. The summed E-state index contributed by atoms with van der Waals surface area (Å²) in [4.78, 5) is 19.7. The van der Waals surface area contributed by atoms with E-state index < -0.39 is 5.97 Å². The summed E-state index contributed by atoms with van der Waals surface area (Å²) in [6.07, 6.45) is 5.70. The number of aromatic nitrogens is 3. The standard InChI is InChI=1S/C13H10N4O2/c14-7-11-15-4-5-17(11)12-9(13(18)19)6-8-2-1-3-10(8)16-12/h4-6H,1-3H2,(H,18,19). The Morgan fingerprint density at radius 1 is 1.47 bits per heavy atom. The fourth-order valence-electron chi connectivity index (χ4n) is 2.36. The molecule has 2 aromatic rings. The molecule has 94 valence electrons. The van der Waals surface area contributed by atoms with Gasteiger partial charge in [-0.05, 0) is 30.9 Å². The Bertz CT molecular complexity index is 712. The Kier molecular flexibility index (Phi) is 2.53. The second-order valence-corrected chi connectivity index (χ2v) is 4.36. The normalized spacial score (nSPS) is 13.0. The Morgan fingerprint density at radius 3 is 3.05 bits per heavy atom. The maximum absolute atomic E-state index is 11.4. The number of hydrogen-bond donors (Lipinski definition) is 1. The number of carbonyl (C=O) groups is 1. The van der Waals surface area contributed by atoms with E-state index in [1.54, 1.807) is 12.3 Å². The van der Waals surface area contributed by atoms with Gasteiger partial charge in [0.1, 0.15) is 11.6 Å². The van der Waals surface area contributed by atoms with Gasteiger partial charge in [-0.15, -0.1) is 0 Å². The number of nitriles is 1. The predicted molar refractivity (Wildman–Crippen MR) is 65.1 cm³/mol. The quantitative estimate of drug-likeness (QED) is 0.872. The number of imidazole rings is 1. The van der Waals surface area contributed by atoms with Crippen molar-refractivity contribution in [1.29, 1.82) is 5.26 Å². The molecule has 1 aliphatic carbocycles. The van der Waals surface area contributed by atoms with E-state index in [9.17, 15) is 9.90 Å². The zero-order valence-electron chi connectivity index (χ0n) is 10.00. The topological polar surface area (TPSA) is 91.8 Å². The number of nitrogens with zero attached hydrogens (tertiary/aromatic N) is 4. The Morgan fingerprint density at radius 2 is 2.32 bits per heavy atom. The number of carboxylic acids is 1. The van der Waals surface area contributed by atoms with Gasteiger partial charge in [0.05, 0.1) is 0 Å². The van der Waals surface area contributed by atoms with E-state index in [4.69, 9.17) is 5.26 Å². The molecule has 2 heterocycles. The molecule has 0 fully saturated rings. The molecule has 6 heteroatoms. The van der Waals surface area contributed by atoms with Gasteiger partial charge in [-0.25, -0.2) is 14.8 Å². The maximum Gasteiger partial charge on any atom is 0.339 e. The molecular weight excluding hydrogens is 244 g/mol. The van der Waals surface area contributed by atoms with Crippen molar-refractivity contribution < 1.29 is 9.90 Å². The van der Waals surface area contributed by atoms with Crippen LogP contribution in [0, 0.1) is 11.3 Å². The SMILES string of the molecule is N#Cc1nccn1-c1nc2c(cc1C(=O)O)CCC2. The minimum Gasteiger partial charge on any atom is -0.478 e. The Labute approximate surface area is 109 Å². The summed E-state index contributed by atoms with van der Waals surface area (Å²) in [5, 5.41) is 18.3. The largest absolute Gasteiger partial charge is 0.478 e. The third-order valence-electron chi connectivity index (χ3n) is 3.23. The summed E-state index contributed by atoms with van der Waals surface area (Å²) in [7, 11) is 0. The van der Waals surface area contributed by atoms with Crippen LogP contribution >= 0.6 is 0 Å². The highest BCUT2D eigenvalue weighted by atomic mass is 16.4. The fraction of sp³-hybridized carbons (Fsp3) is 0.231. The molecule has 0 unspecified atom stereocenters. The van der Waals surface area contributed by atoms with Crippen molar-refractivity contribution in [3.8, 4) is 11.9 Å². The van der Waals surface area contributed by atoms with Gasteiger partial charge in [0.2, 0.25) is 5.82 Å². The van der Waals surface area contributed by atoms with Gasteiger partial charge in [0, 0.05) is 18.1 Å². The molecule has 0 spiro atoms. The second kappa shape index (κ2) is 4.21. The van der Waals surface area contributed by atoms with Crippen LogP contribution in [0.3, 0.4) is 0 Å². The lowest BCUT2D eigenvalue weighted by Crippen LogP contribution is -2.11. The summed E-state index contributed by atoms with van der Waals surface area (Å²) in [5.41, 5.74) is 2.01. The number of pyridine rings is 1. The average molecular weight is 254 g/mol. The van der Waals surface area contributed by atoms with Crippen LogP contribution in [0.2, 0.25) is 0 Å². The van der Waals surface area contributed by atoms with Crippen molar-refractivity contribution in [1.82, 2.24) is 14.5 Å². The van der Waals surface area contributed by atoms with E-state index in [1.165, 1.54) is 10.8 Å². The maximum atomic E-state index is 11.4. The molecular formula is C13H10N4O2. The molecule has 6 nitrogen and oxygen atoms in total. The molecule has 0 saturated carbocycles. The van der Waals surface area contributed by atoms with E-state index in [2.05, 4.69) is 9.97 Å². The highest BCUT2D eigenvalue weighted by Gasteiger charge is 2.22. The number of rotatable bonds is 2. The minimum absolute atomic E-state index is 0.107. The van der Waals surface area contributed by atoms with Crippen LogP contribution in [0.25, 0.3) is 5.82 Å². The van der Waals surface area contributed by atoms with Crippen molar-refractivity contribution >= 4 is 5.97 Å². The van der Waals surface area contributed by atoms with Crippen molar-refractivity contribution in [3.63, 3.8) is 0 Å². The summed E-state index contributed by atoms with van der Waals surface area (Å²) < 4.78 is 1.42. The molecule has 0 bridgehead atoms. The van der Waals surface area contributed by atoms with Gasteiger partial charge in [-0.1, -0.05) is 0 Å². The van der Waals surface area contributed by atoms with Crippen molar-refractivity contribution in [2.75, 3.05) is 0 Å². The first-order valence-corrected chi connectivity index (χ1v) is 5.90. The van der Waals surface area contributed by atoms with E-state index >= 15 is 0 Å². The smallest absolute Gasteiger partial charge is 0.339 e. The number of hydrogen-bond acceptors (Lipinski definition) is 4. The Hall–Kier alpha value is -2.68. The highest BCUT2D eigenvalue weighted by molar-refractivity contribution is 5.91. The first-order valence-electron chi connectivity index (χ1n) is 5.90. The summed E-state index contributed by atoms with van der Waals surface area (Å²) in [6, 6.07) is 3.59. The van der Waals surface area contributed by atoms with Gasteiger partial charge < -0.3 is 5.11 Å². The number of aryl methyl sites for hydroxylation is 2. The molecule has 0 saturated heterocycles. The molecule has 1 aliphatic rings. The zero-order chi connectivity index (χ0) is 13.4. The van der Waals surface area contributed by atoms with Crippen molar-refractivity contribution in [2.24, 2.45) is 0 Å². The first kappa shape index (κ1) is 11.4. The van der Waals surface area contributed by atoms with Crippen LogP contribution in [0.1, 0.15) is 33.9 Å². The van der Waals surface area contributed by atoms with E-state index in [-0.39, 0.29) is 17.2 Å². The lowest BCUT2D eigenvalue weighted by atomic mass is 10.1. The number of carboxylic acid groups (broad SMARTS) is 1. The van der Waals surface area contributed by atoms with Gasteiger partial charge >= 0.3 is 5.97 Å². The van der Waals surface area contributed by atoms with Crippen molar-refractivity contribution in [2.45, 2.75) is 19.3 Å². The van der Waals surface area contributed by atoms with E-state index in [1.807, 2.05) is 6.07 Å². The average Bonchev–Trinajstić information content (AvgIpc) is 3.04. The third-order valence-corrected chi connectivity index (χ3v) is 3.23. The second-order valence-electron chi connectivity index (χ2n) is 4.36. The molecule has 3 rings (SSSR count). The zero-order valence-corrected chi connectivity index (χ0v) is 10.00. The third kappa shape index (κ3) is 1.76. The summed E-state index contributed by atoms with van der Waals surface area (Å²) in [5.74, 6) is -0.648. The lowest BCUT2D eigenvalue weighted by Gasteiger charge is -2.09. The van der Waals surface area contributed by atoms with Crippen LogP contribution in [0.4, 0.5) is 0 Å². The van der Waals surface area contributed by atoms with Gasteiger partial charge in [-0.3, -0.25) is 4.57 Å². The molecule has 0 atom stereocenters. The summed E-state index contributed by atoms with van der Waals surface area (Å²) >= 11 is 0. The van der Waals surface area contributed by atoms with Crippen LogP contribution in [0.5, 0.6) is 0 Å². The minimum atomic E-state index is -1.05. The van der Waals surface area contributed by atoms with E-state index in [0.717, 1.165) is 30.5 Å². The van der Waals surface area contributed by atoms with Crippen LogP contribution in [-0.4, -0.2) is 25.6 Å². The van der Waals surface area contributed by atoms with Gasteiger partial charge in [-0.2, -0.15) is 5.26 Å². The molecule has 0 radical (unpaired) electrons. The van der Waals surface area contributed by atoms with Gasteiger partial charge in [0.15, 0.2) is 5.82 Å². The molecule has 0 aromatic carbocycles. The number of aromatic carboxylic acids is 1. The first-order chi connectivity index (χ1) is 9.20. The Balaban J connectivity index is 2.26. The summed E-state index contributed by atoms with van der Waals surface area (Å²) in [6.45, 7) is 0. The van der Waals surface area contributed by atoms with Crippen LogP contribution < -0.4 is 0 Å². The van der Waals surface area contributed by atoms with Crippen LogP contribution in [0.15, 0.2) is 18.5 Å². The fourth-order valence-corrected chi connectivity index (χ4v) is 2.36. The highest BCUT2D eigenvalue weighted by Crippen LogP contribution is 2.25. The molecule has 1 N–H and O–H groups in total. The van der Waals surface area contributed by atoms with E-state index in [0.29, 0.717) is 0 Å². The van der Waals surface area contributed by atoms with Crippen LogP contribution in [-0.2, 0) is 12.8 Å². The number of fused-ring (bicyclic) bond motifs is 1. The molecule has 19 heavy (non-hydrogen) atoms. The molecule has 0 aliphatic heterocycles. The molecule has 2 aromatic heterocycles. The lowest BCUT2D eigenvalue weighted by molar-refractivity contribution is 0.0696. The van der Waals surface area contributed by atoms with Crippen molar-refractivity contribution in [3.05, 3.63) is 41.1 Å². The monoisotopic (exact) mass is 254 g/mol. The van der Waals surface area contributed by atoms with Gasteiger partial charge in [0.25, 0.3) is 0 Å².